The quantitative estimate of drug-likeness (QED) is 0.761. The number of nitrogens with zero attached hydrogens (tertiary/aromatic N) is 1. The van der Waals surface area contributed by atoms with E-state index in [1.807, 2.05) is 35.2 Å². The Balaban J connectivity index is 1.34. The molecule has 2 aromatic rings. The number of benzene rings is 2. The molecule has 30 heavy (non-hydrogen) atoms. The van der Waals surface area contributed by atoms with Crippen molar-refractivity contribution < 1.29 is 14.3 Å². The number of carbonyl (C=O) groups excluding carboxylic acids is 2. The van der Waals surface area contributed by atoms with Crippen molar-refractivity contribution in [3.63, 3.8) is 0 Å². The first-order valence-electron chi connectivity index (χ1n) is 11.0. The van der Waals surface area contributed by atoms with Crippen LogP contribution in [0.4, 0.5) is 0 Å². The molecule has 1 unspecified atom stereocenters. The van der Waals surface area contributed by atoms with Gasteiger partial charge in [-0.05, 0) is 73.4 Å². The predicted octanol–water partition coefficient (Wildman–Crippen LogP) is 3.77. The number of likely N-dealkylation sites (tertiary alicyclic amines) is 1. The maximum atomic E-state index is 12.6. The molecule has 5 nitrogen and oxygen atoms in total. The molecule has 1 heterocycles. The second-order valence-electron chi connectivity index (χ2n) is 8.30. The molecule has 4 rings (SSSR count). The molecule has 1 fully saturated rings. The van der Waals surface area contributed by atoms with Gasteiger partial charge >= 0.3 is 0 Å². The number of ether oxygens (including phenoxy) is 1. The van der Waals surface area contributed by atoms with Crippen LogP contribution in [0, 0.1) is 0 Å². The zero-order valence-electron chi connectivity index (χ0n) is 17.7. The van der Waals surface area contributed by atoms with Crippen LogP contribution < -0.4 is 10.1 Å². The highest BCUT2D eigenvalue weighted by atomic mass is 16.5. The average molecular weight is 407 g/mol. The van der Waals surface area contributed by atoms with Crippen LogP contribution in [-0.2, 0) is 35.5 Å². The van der Waals surface area contributed by atoms with Crippen LogP contribution in [-0.4, -0.2) is 29.4 Å². The van der Waals surface area contributed by atoms with Crippen LogP contribution in [0.25, 0.3) is 0 Å². The summed E-state index contributed by atoms with van der Waals surface area (Å²) < 4.78 is 5.92. The van der Waals surface area contributed by atoms with Gasteiger partial charge in [-0.25, -0.2) is 0 Å². The number of fused-ring (bicyclic) bond motifs is 1. The third-order valence-electron chi connectivity index (χ3n) is 6.11. The SMILES string of the molecule is CC(Oc1ccc2c(c1)CCCC2)C(=O)NCc1ccccc1CN1CCCC1=O. The van der Waals surface area contributed by atoms with E-state index in [0.717, 1.165) is 42.7 Å². The van der Waals surface area contributed by atoms with E-state index in [4.69, 9.17) is 4.74 Å². The fourth-order valence-corrected chi connectivity index (χ4v) is 4.33. The fourth-order valence-electron chi connectivity index (χ4n) is 4.33. The molecule has 0 radical (unpaired) electrons. The molecule has 1 saturated heterocycles. The van der Waals surface area contributed by atoms with Crippen molar-refractivity contribution >= 4 is 11.8 Å². The molecule has 0 spiro atoms. The van der Waals surface area contributed by atoms with Gasteiger partial charge in [0.05, 0.1) is 0 Å². The zero-order chi connectivity index (χ0) is 20.9. The second kappa shape index (κ2) is 9.33. The topological polar surface area (TPSA) is 58.6 Å². The monoisotopic (exact) mass is 406 g/mol. The highest BCUT2D eigenvalue weighted by Gasteiger charge is 2.21. The first-order chi connectivity index (χ1) is 14.6. The number of rotatable bonds is 7. The van der Waals surface area contributed by atoms with Gasteiger partial charge in [0.15, 0.2) is 6.10 Å². The van der Waals surface area contributed by atoms with E-state index >= 15 is 0 Å². The molecule has 2 amide bonds. The number of nitrogens with one attached hydrogen (secondary N) is 1. The number of hydrogen-bond acceptors (Lipinski definition) is 3. The van der Waals surface area contributed by atoms with Gasteiger partial charge in [0.1, 0.15) is 5.75 Å². The summed E-state index contributed by atoms with van der Waals surface area (Å²) >= 11 is 0. The molecule has 1 aliphatic carbocycles. The maximum Gasteiger partial charge on any atom is 0.261 e. The van der Waals surface area contributed by atoms with Gasteiger partial charge in [0, 0.05) is 26.1 Å². The third-order valence-corrected chi connectivity index (χ3v) is 6.11. The van der Waals surface area contributed by atoms with E-state index in [-0.39, 0.29) is 11.8 Å². The molecule has 0 bridgehead atoms. The summed E-state index contributed by atoms with van der Waals surface area (Å²) in [5, 5.41) is 2.99. The molecule has 2 aromatic carbocycles. The Morgan fingerprint density at radius 1 is 1.03 bits per heavy atom. The van der Waals surface area contributed by atoms with Crippen molar-refractivity contribution in [3.05, 3.63) is 64.7 Å². The van der Waals surface area contributed by atoms with Crippen molar-refractivity contribution in [1.82, 2.24) is 10.2 Å². The number of aryl methyl sites for hydroxylation is 2. The molecule has 2 aliphatic rings. The average Bonchev–Trinajstić information content (AvgIpc) is 3.17. The van der Waals surface area contributed by atoms with E-state index in [9.17, 15) is 9.59 Å². The summed E-state index contributed by atoms with van der Waals surface area (Å²) in [5.41, 5.74) is 4.86. The van der Waals surface area contributed by atoms with Gasteiger partial charge in [0.25, 0.3) is 5.91 Å². The molecular weight excluding hydrogens is 376 g/mol. The summed E-state index contributed by atoms with van der Waals surface area (Å²) in [6.45, 7) is 3.62. The van der Waals surface area contributed by atoms with Crippen LogP contribution in [0.5, 0.6) is 5.75 Å². The summed E-state index contributed by atoms with van der Waals surface area (Å²) in [5.74, 6) is 0.826. The lowest BCUT2D eigenvalue weighted by atomic mass is 9.92. The maximum absolute atomic E-state index is 12.6. The lowest BCUT2D eigenvalue weighted by Gasteiger charge is -2.20. The van der Waals surface area contributed by atoms with E-state index in [1.54, 1.807) is 6.92 Å². The highest BCUT2D eigenvalue weighted by Crippen LogP contribution is 2.26. The fraction of sp³-hybridized carbons (Fsp3) is 0.440. The Morgan fingerprint density at radius 2 is 1.80 bits per heavy atom. The van der Waals surface area contributed by atoms with E-state index in [2.05, 4.69) is 17.4 Å². The molecule has 1 aliphatic heterocycles. The van der Waals surface area contributed by atoms with Crippen LogP contribution in [0.2, 0.25) is 0 Å². The first-order valence-corrected chi connectivity index (χ1v) is 11.0. The van der Waals surface area contributed by atoms with Crippen molar-refractivity contribution in [1.29, 1.82) is 0 Å². The van der Waals surface area contributed by atoms with Gasteiger partial charge in [-0.15, -0.1) is 0 Å². The van der Waals surface area contributed by atoms with Crippen LogP contribution >= 0.6 is 0 Å². The van der Waals surface area contributed by atoms with Crippen LogP contribution in [0.3, 0.4) is 0 Å². The van der Waals surface area contributed by atoms with E-state index < -0.39 is 6.10 Å². The Hall–Kier alpha value is -2.82. The molecule has 1 atom stereocenters. The molecule has 1 N–H and O–H groups in total. The minimum atomic E-state index is -0.570. The summed E-state index contributed by atoms with van der Waals surface area (Å²) in [6, 6.07) is 14.2. The van der Waals surface area contributed by atoms with Crippen molar-refractivity contribution in [2.24, 2.45) is 0 Å². The molecule has 0 aromatic heterocycles. The molecule has 158 valence electrons. The summed E-state index contributed by atoms with van der Waals surface area (Å²) in [7, 11) is 0. The molecular formula is C25H30N2O3. The zero-order valence-corrected chi connectivity index (χ0v) is 17.7. The Labute approximate surface area is 178 Å². The lowest BCUT2D eigenvalue weighted by molar-refractivity contribution is -0.128. The van der Waals surface area contributed by atoms with Gasteiger partial charge < -0.3 is 15.0 Å². The minimum Gasteiger partial charge on any atom is -0.481 e. The smallest absolute Gasteiger partial charge is 0.261 e. The highest BCUT2D eigenvalue weighted by molar-refractivity contribution is 5.80. The van der Waals surface area contributed by atoms with Gasteiger partial charge in [-0.1, -0.05) is 30.3 Å². The standard InChI is InChI=1S/C25H30N2O3/c1-18(30-23-13-12-19-7-2-3-8-20(19)15-23)25(29)26-16-21-9-4-5-10-22(21)17-27-14-6-11-24(27)28/h4-5,9-10,12-13,15,18H,2-3,6-8,11,14,16-17H2,1H3,(H,26,29). The largest absolute Gasteiger partial charge is 0.481 e. The van der Waals surface area contributed by atoms with Crippen molar-refractivity contribution in [2.75, 3.05) is 6.54 Å². The van der Waals surface area contributed by atoms with Gasteiger partial charge in [-0.3, -0.25) is 9.59 Å². The van der Waals surface area contributed by atoms with Crippen molar-refractivity contribution in [3.8, 4) is 5.75 Å². The van der Waals surface area contributed by atoms with Crippen molar-refractivity contribution in [2.45, 2.75) is 64.6 Å². The number of amides is 2. The Bertz CT molecular complexity index is 924. The summed E-state index contributed by atoms with van der Waals surface area (Å²) in [4.78, 5) is 26.5. The predicted molar refractivity (Wildman–Crippen MR) is 116 cm³/mol. The molecule has 5 heteroatoms. The molecule has 0 saturated carbocycles. The lowest BCUT2D eigenvalue weighted by Crippen LogP contribution is -2.36. The Morgan fingerprint density at radius 3 is 2.57 bits per heavy atom. The first kappa shape index (κ1) is 20.5. The van der Waals surface area contributed by atoms with Gasteiger partial charge in [0.2, 0.25) is 5.91 Å². The Kier molecular flexibility index (Phi) is 6.36. The van der Waals surface area contributed by atoms with Crippen LogP contribution in [0.15, 0.2) is 42.5 Å². The van der Waals surface area contributed by atoms with Gasteiger partial charge in [-0.2, -0.15) is 0 Å². The normalized spacial score (nSPS) is 16.8. The summed E-state index contributed by atoms with van der Waals surface area (Å²) in [6.07, 6.45) is 5.68. The third kappa shape index (κ3) is 4.84. The van der Waals surface area contributed by atoms with E-state index in [1.165, 1.54) is 24.0 Å². The number of carbonyl (C=O) groups is 2. The minimum absolute atomic E-state index is 0.139. The van der Waals surface area contributed by atoms with Crippen LogP contribution in [0.1, 0.15) is 54.9 Å². The number of hydrogen-bond donors (Lipinski definition) is 1. The van der Waals surface area contributed by atoms with E-state index in [0.29, 0.717) is 19.5 Å². The second-order valence-corrected chi connectivity index (χ2v) is 8.30.